The average molecular weight is 545 g/mol. The van der Waals surface area contributed by atoms with Crippen LogP contribution in [0.15, 0.2) is 41.5 Å². The Kier molecular flexibility index (Phi) is 7.99. The van der Waals surface area contributed by atoms with Crippen molar-refractivity contribution in [3.05, 3.63) is 58.2 Å². The Balaban J connectivity index is 1.33. The predicted octanol–water partition coefficient (Wildman–Crippen LogP) is 10.4. The zero-order valence-electron chi connectivity index (χ0n) is 27.0. The zero-order chi connectivity index (χ0) is 29.0. The van der Waals surface area contributed by atoms with Crippen LogP contribution in [0.4, 0.5) is 0 Å². The molecule has 1 aromatic rings. The number of carbonyl (C=O) groups is 1. The molecule has 1 aromatic carbocycles. The molecule has 0 aromatic heterocycles. The van der Waals surface area contributed by atoms with Crippen LogP contribution >= 0.6 is 0 Å². The molecule has 0 amide bonds. The summed E-state index contributed by atoms with van der Waals surface area (Å²) in [4.78, 5) is 13.3. The van der Waals surface area contributed by atoms with E-state index in [-0.39, 0.29) is 22.9 Å². The number of benzene rings is 1. The molecule has 0 aliphatic heterocycles. The van der Waals surface area contributed by atoms with E-state index in [0.29, 0.717) is 11.0 Å². The normalized spacial score (nSPS) is 36.9. The Morgan fingerprint density at radius 1 is 0.975 bits per heavy atom. The number of fused-ring (bicyclic) bond motifs is 5. The highest BCUT2D eigenvalue weighted by molar-refractivity contribution is 5.90. The SMILES string of the molecule is CC(C)=CCCC(C)C1CCC2C3CC=C4C(C)(C)C(OC(=O)c5cc(C)cc(C)c5)CCC4(C)C3CCC12C. The van der Waals surface area contributed by atoms with Crippen LogP contribution in [0.25, 0.3) is 0 Å². The molecule has 0 bridgehead atoms. The summed E-state index contributed by atoms with van der Waals surface area (Å²) in [6, 6.07) is 6.05. The van der Waals surface area contributed by atoms with Gasteiger partial charge in [0.2, 0.25) is 0 Å². The lowest BCUT2D eigenvalue weighted by Crippen LogP contribution is -2.55. The minimum atomic E-state index is -0.160. The van der Waals surface area contributed by atoms with Crippen molar-refractivity contribution in [2.75, 3.05) is 0 Å². The number of hydrogen-bond donors (Lipinski definition) is 0. The van der Waals surface area contributed by atoms with Crippen LogP contribution in [0, 0.1) is 59.7 Å². The third-order valence-corrected chi connectivity index (χ3v) is 12.5. The summed E-state index contributed by atoms with van der Waals surface area (Å²) < 4.78 is 6.32. The highest BCUT2D eigenvalue weighted by Crippen LogP contribution is 2.69. The number of rotatable bonds is 6. The van der Waals surface area contributed by atoms with Crippen LogP contribution in [0.2, 0.25) is 0 Å². The van der Waals surface area contributed by atoms with Gasteiger partial charge in [0.05, 0.1) is 5.56 Å². The number of aryl methyl sites for hydroxylation is 2. The minimum absolute atomic E-state index is 0.0666. The number of carbonyl (C=O) groups excluding carboxylic acids is 1. The van der Waals surface area contributed by atoms with Crippen LogP contribution in [-0.2, 0) is 4.74 Å². The number of allylic oxidation sites excluding steroid dienone is 3. The van der Waals surface area contributed by atoms with E-state index in [1.165, 1.54) is 50.5 Å². The Labute approximate surface area is 245 Å². The summed E-state index contributed by atoms with van der Waals surface area (Å²) >= 11 is 0. The fourth-order valence-electron chi connectivity index (χ4n) is 10.7. The van der Waals surface area contributed by atoms with E-state index >= 15 is 0 Å². The van der Waals surface area contributed by atoms with Crippen molar-refractivity contribution in [2.45, 2.75) is 126 Å². The Morgan fingerprint density at radius 2 is 1.68 bits per heavy atom. The minimum Gasteiger partial charge on any atom is -0.458 e. The van der Waals surface area contributed by atoms with Gasteiger partial charge >= 0.3 is 5.97 Å². The van der Waals surface area contributed by atoms with E-state index < -0.39 is 0 Å². The molecule has 0 N–H and O–H groups in total. The maximum Gasteiger partial charge on any atom is 0.338 e. The van der Waals surface area contributed by atoms with Crippen molar-refractivity contribution < 1.29 is 9.53 Å². The molecule has 4 aliphatic carbocycles. The first-order valence-corrected chi connectivity index (χ1v) is 16.4. The van der Waals surface area contributed by atoms with Crippen molar-refractivity contribution in [3.8, 4) is 0 Å². The van der Waals surface area contributed by atoms with Gasteiger partial charge in [-0.2, -0.15) is 0 Å². The molecule has 4 aliphatic rings. The largest absolute Gasteiger partial charge is 0.458 e. The molecular weight excluding hydrogens is 488 g/mol. The Morgan fingerprint density at radius 3 is 2.35 bits per heavy atom. The molecule has 2 nitrogen and oxygen atoms in total. The molecule has 8 atom stereocenters. The molecule has 0 spiro atoms. The fraction of sp³-hybridized carbons (Fsp3) is 0.711. The van der Waals surface area contributed by atoms with Gasteiger partial charge in [-0.15, -0.1) is 0 Å². The topological polar surface area (TPSA) is 26.3 Å². The van der Waals surface area contributed by atoms with Gasteiger partial charge in [0.1, 0.15) is 6.10 Å². The lowest BCUT2D eigenvalue weighted by Gasteiger charge is -2.61. The molecule has 8 unspecified atom stereocenters. The predicted molar refractivity (Wildman–Crippen MR) is 167 cm³/mol. The van der Waals surface area contributed by atoms with Crippen molar-refractivity contribution in [3.63, 3.8) is 0 Å². The van der Waals surface area contributed by atoms with Crippen LogP contribution < -0.4 is 0 Å². The molecule has 5 rings (SSSR count). The van der Waals surface area contributed by atoms with Gasteiger partial charge in [-0.05, 0) is 138 Å². The maximum absolute atomic E-state index is 13.3. The highest BCUT2D eigenvalue weighted by atomic mass is 16.5. The van der Waals surface area contributed by atoms with Gasteiger partial charge in [-0.25, -0.2) is 4.79 Å². The van der Waals surface area contributed by atoms with E-state index in [1.807, 2.05) is 12.1 Å². The summed E-state index contributed by atoms with van der Waals surface area (Å²) in [5, 5.41) is 0. The van der Waals surface area contributed by atoms with Crippen molar-refractivity contribution in [1.29, 1.82) is 0 Å². The number of ether oxygens (including phenoxy) is 1. The van der Waals surface area contributed by atoms with E-state index in [4.69, 9.17) is 4.74 Å². The molecule has 0 heterocycles. The first kappa shape index (κ1) is 29.7. The van der Waals surface area contributed by atoms with E-state index in [1.54, 1.807) is 5.57 Å². The monoisotopic (exact) mass is 544 g/mol. The van der Waals surface area contributed by atoms with Crippen molar-refractivity contribution in [1.82, 2.24) is 0 Å². The maximum atomic E-state index is 13.3. The van der Waals surface area contributed by atoms with Crippen LogP contribution in [0.1, 0.15) is 128 Å². The van der Waals surface area contributed by atoms with Crippen molar-refractivity contribution >= 4 is 5.97 Å². The zero-order valence-corrected chi connectivity index (χ0v) is 27.0. The second-order valence-electron chi connectivity index (χ2n) is 15.7. The molecule has 3 saturated carbocycles. The molecule has 40 heavy (non-hydrogen) atoms. The van der Waals surface area contributed by atoms with Crippen molar-refractivity contribution in [2.24, 2.45) is 45.8 Å². The molecule has 0 saturated heterocycles. The summed E-state index contributed by atoms with van der Waals surface area (Å²) in [6.07, 6.45) is 16.5. The van der Waals surface area contributed by atoms with Gasteiger partial charge in [-0.3, -0.25) is 0 Å². The molecule has 2 heteroatoms. The quantitative estimate of drug-likeness (QED) is 0.263. The summed E-state index contributed by atoms with van der Waals surface area (Å²) in [6.45, 7) is 21.1. The Hall–Kier alpha value is -1.83. The van der Waals surface area contributed by atoms with Gasteiger partial charge in [0.15, 0.2) is 0 Å². The summed E-state index contributed by atoms with van der Waals surface area (Å²) in [5.74, 6) is 3.97. The Bertz CT molecular complexity index is 1160. The van der Waals surface area contributed by atoms with E-state index in [0.717, 1.165) is 53.6 Å². The fourth-order valence-corrected chi connectivity index (χ4v) is 10.7. The first-order valence-electron chi connectivity index (χ1n) is 16.4. The summed E-state index contributed by atoms with van der Waals surface area (Å²) in [7, 11) is 0. The lowest BCUT2D eigenvalue weighted by atomic mass is 9.44. The smallest absolute Gasteiger partial charge is 0.338 e. The van der Waals surface area contributed by atoms with E-state index in [9.17, 15) is 4.79 Å². The molecular formula is C38H56O2. The van der Waals surface area contributed by atoms with Gasteiger partial charge < -0.3 is 4.74 Å². The van der Waals surface area contributed by atoms with Gasteiger partial charge in [0, 0.05) is 5.41 Å². The molecule has 3 fully saturated rings. The van der Waals surface area contributed by atoms with Crippen LogP contribution in [0.5, 0.6) is 0 Å². The van der Waals surface area contributed by atoms with E-state index in [2.05, 4.69) is 80.5 Å². The molecule has 220 valence electrons. The third kappa shape index (κ3) is 5.05. The standard InChI is InChI=1S/C38H56O2/c1-24(2)11-10-12-27(5)30-14-15-31-29-13-16-33-36(6,7)34(40-35(39)28-22-25(3)21-26(4)23-28)18-20-38(33,9)32(29)17-19-37(30,31)8/h11,16,21-23,27,29-32,34H,10,12-15,17-20H2,1-9H3. The average Bonchev–Trinajstić information content (AvgIpc) is 3.22. The highest BCUT2D eigenvalue weighted by Gasteiger charge is 2.61. The summed E-state index contributed by atoms with van der Waals surface area (Å²) in [5.41, 5.74) is 6.55. The lowest BCUT2D eigenvalue weighted by molar-refractivity contribution is -0.0826. The first-order chi connectivity index (χ1) is 18.8. The number of hydrogen-bond acceptors (Lipinski definition) is 2. The number of esters is 1. The third-order valence-electron chi connectivity index (χ3n) is 12.5. The van der Waals surface area contributed by atoms with Crippen LogP contribution in [-0.4, -0.2) is 12.1 Å². The molecule has 0 radical (unpaired) electrons. The second-order valence-corrected chi connectivity index (χ2v) is 15.7. The van der Waals surface area contributed by atoms with Gasteiger partial charge in [-0.1, -0.05) is 75.1 Å². The van der Waals surface area contributed by atoms with Gasteiger partial charge in [0.25, 0.3) is 0 Å². The van der Waals surface area contributed by atoms with Crippen LogP contribution in [0.3, 0.4) is 0 Å². The second kappa shape index (κ2) is 10.8.